The minimum absolute atomic E-state index is 0.104. The number of benzene rings is 1. The molecule has 0 radical (unpaired) electrons. The Morgan fingerprint density at radius 2 is 1.92 bits per heavy atom. The summed E-state index contributed by atoms with van der Waals surface area (Å²) in [5.74, 6) is -1.31. The zero-order valence-corrected chi connectivity index (χ0v) is 13.6. The van der Waals surface area contributed by atoms with E-state index >= 15 is 0 Å². The van der Waals surface area contributed by atoms with E-state index in [1.54, 1.807) is 16.9 Å². The van der Waals surface area contributed by atoms with Crippen molar-refractivity contribution in [2.75, 3.05) is 18.0 Å². The predicted octanol–water partition coefficient (Wildman–Crippen LogP) is 3.27. The molecule has 0 bridgehead atoms. The molecule has 0 spiro atoms. The highest BCUT2D eigenvalue weighted by molar-refractivity contribution is 5.90. The van der Waals surface area contributed by atoms with Gasteiger partial charge in [0.15, 0.2) is 5.83 Å². The SMILES string of the molecule is C=C(F)C(=O)NC[C@H]1CN(c2ccc(C(F)(F)F)cc2)c2ccnn2C1. The number of carbonyl (C=O) groups is 1. The second-order valence-electron chi connectivity index (χ2n) is 6.01. The number of rotatable bonds is 4. The van der Waals surface area contributed by atoms with Gasteiger partial charge in [0, 0.05) is 37.3 Å². The van der Waals surface area contributed by atoms with E-state index in [0.29, 0.717) is 18.8 Å². The molecule has 1 amide bonds. The lowest BCUT2D eigenvalue weighted by atomic mass is 10.1. The summed E-state index contributed by atoms with van der Waals surface area (Å²) in [6.07, 6.45) is -2.80. The molecule has 0 saturated heterocycles. The lowest BCUT2D eigenvalue weighted by Crippen LogP contribution is -2.41. The summed E-state index contributed by atoms with van der Waals surface area (Å²) >= 11 is 0. The second-order valence-corrected chi connectivity index (χ2v) is 6.01. The van der Waals surface area contributed by atoms with Crippen LogP contribution in [0.1, 0.15) is 5.56 Å². The number of nitrogens with zero attached hydrogens (tertiary/aromatic N) is 3. The number of alkyl halides is 3. The van der Waals surface area contributed by atoms with Crippen LogP contribution in [0.15, 0.2) is 48.9 Å². The van der Waals surface area contributed by atoms with Crippen molar-refractivity contribution in [3.63, 3.8) is 0 Å². The summed E-state index contributed by atoms with van der Waals surface area (Å²) in [6.45, 7) is 4.07. The van der Waals surface area contributed by atoms with E-state index in [0.717, 1.165) is 18.0 Å². The van der Waals surface area contributed by atoms with E-state index in [1.165, 1.54) is 12.1 Å². The molecule has 1 aromatic heterocycles. The molecular formula is C17H16F4N4O. The third kappa shape index (κ3) is 3.71. The molecule has 0 saturated carbocycles. The van der Waals surface area contributed by atoms with Crippen molar-refractivity contribution in [1.29, 1.82) is 0 Å². The fourth-order valence-electron chi connectivity index (χ4n) is 2.88. The van der Waals surface area contributed by atoms with Crippen LogP contribution in [0.25, 0.3) is 0 Å². The maximum atomic E-state index is 12.8. The first kappa shape index (κ1) is 18.0. The van der Waals surface area contributed by atoms with Gasteiger partial charge in [0.1, 0.15) is 5.82 Å². The number of anilines is 2. The molecule has 9 heteroatoms. The molecule has 2 aromatic rings. The monoisotopic (exact) mass is 368 g/mol. The first-order valence-corrected chi connectivity index (χ1v) is 7.85. The van der Waals surface area contributed by atoms with Crippen LogP contribution in [0.2, 0.25) is 0 Å². The standard InChI is InChI=1S/C17H16F4N4O/c1-11(18)16(26)22-8-12-9-24(15-6-7-23-25(15)10-12)14-4-2-13(3-5-14)17(19,20)21/h2-7,12H,1,8-10H2,(H,22,26)/t12-/m0/s1. The number of carbonyl (C=O) groups excluding carboxylic acids is 1. The maximum absolute atomic E-state index is 12.8. The summed E-state index contributed by atoms with van der Waals surface area (Å²) in [7, 11) is 0. The van der Waals surface area contributed by atoms with Gasteiger partial charge in [-0.15, -0.1) is 0 Å². The second kappa shape index (κ2) is 6.81. The fraction of sp³-hybridized carbons (Fsp3) is 0.294. The quantitative estimate of drug-likeness (QED) is 0.666. The average molecular weight is 368 g/mol. The summed E-state index contributed by atoms with van der Waals surface area (Å²) < 4.78 is 52.7. The van der Waals surface area contributed by atoms with Crippen molar-refractivity contribution in [3.05, 3.63) is 54.5 Å². The lowest BCUT2D eigenvalue weighted by Gasteiger charge is -2.35. The molecule has 0 fully saturated rings. The first-order chi connectivity index (χ1) is 12.3. The molecule has 0 aliphatic carbocycles. The number of halogens is 4. The normalized spacial score (nSPS) is 16.9. The Labute approximate surface area is 146 Å². The molecule has 1 aliphatic rings. The third-order valence-corrected chi connectivity index (χ3v) is 4.15. The molecule has 1 N–H and O–H groups in total. The lowest BCUT2D eigenvalue weighted by molar-refractivity contribution is -0.137. The Morgan fingerprint density at radius 1 is 1.23 bits per heavy atom. The van der Waals surface area contributed by atoms with Crippen molar-refractivity contribution >= 4 is 17.4 Å². The smallest absolute Gasteiger partial charge is 0.350 e. The van der Waals surface area contributed by atoms with E-state index in [9.17, 15) is 22.4 Å². The van der Waals surface area contributed by atoms with Gasteiger partial charge in [0.2, 0.25) is 0 Å². The van der Waals surface area contributed by atoms with Gasteiger partial charge in [0.25, 0.3) is 5.91 Å². The molecule has 5 nitrogen and oxygen atoms in total. The molecule has 0 unspecified atom stereocenters. The number of nitrogens with one attached hydrogen (secondary N) is 1. The topological polar surface area (TPSA) is 50.2 Å². The first-order valence-electron chi connectivity index (χ1n) is 7.85. The van der Waals surface area contributed by atoms with E-state index in [2.05, 4.69) is 17.0 Å². The summed E-state index contributed by atoms with van der Waals surface area (Å²) in [4.78, 5) is 13.2. The highest BCUT2D eigenvalue weighted by atomic mass is 19.4. The Hall–Kier alpha value is -2.84. The van der Waals surface area contributed by atoms with Crippen LogP contribution in [0, 0.1) is 5.92 Å². The number of aromatic nitrogens is 2. The minimum atomic E-state index is -4.40. The van der Waals surface area contributed by atoms with Crippen LogP contribution < -0.4 is 10.2 Å². The van der Waals surface area contributed by atoms with Gasteiger partial charge in [-0.05, 0) is 24.3 Å². The highest BCUT2D eigenvalue weighted by Crippen LogP contribution is 2.34. The molecule has 2 heterocycles. The zero-order valence-electron chi connectivity index (χ0n) is 13.6. The Balaban J connectivity index is 1.80. The van der Waals surface area contributed by atoms with Crippen molar-refractivity contribution in [2.24, 2.45) is 5.92 Å². The van der Waals surface area contributed by atoms with E-state index in [-0.39, 0.29) is 12.5 Å². The Kier molecular flexibility index (Phi) is 4.71. The van der Waals surface area contributed by atoms with Gasteiger partial charge in [0.05, 0.1) is 11.8 Å². The molecule has 138 valence electrons. The van der Waals surface area contributed by atoms with Gasteiger partial charge in [-0.2, -0.15) is 18.3 Å². The van der Waals surface area contributed by atoms with Gasteiger partial charge >= 0.3 is 6.18 Å². The van der Waals surface area contributed by atoms with Crippen molar-refractivity contribution < 1.29 is 22.4 Å². The summed E-state index contributed by atoms with van der Waals surface area (Å²) in [6, 6.07) is 6.59. The largest absolute Gasteiger partial charge is 0.416 e. The molecule has 1 aliphatic heterocycles. The van der Waals surface area contributed by atoms with Crippen LogP contribution in [0.5, 0.6) is 0 Å². The minimum Gasteiger partial charge on any atom is -0.350 e. The van der Waals surface area contributed by atoms with Gasteiger partial charge < -0.3 is 10.2 Å². The van der Waals surface area contributed by atoms with Crippen molar-refractivity contribution in [1.82, 2.24) is 15.1 Å². The maximum Gasteiger partial charge on any atom is 0.416 e. The number of fused-ring (bicyclic) bond motifs is 1. The van der Waals surface area contributed by atoms with E-state index in [1.807, 2.05) is 4.90 Å². The molecule has 26 heavy (non-hydrogen) atoms. The van der Waals surface area contributed by atoms with Crippen LogP contribution in [0.4, 0.5) is 29.1 Å². The Bertz CT molecular complexity index is 813. The molecule has 1 aromatic carbocycles. The van der Waals surface area contributed by atoms with Crippen LogP contribution in [-0.2, 0) is 17.5 Å². The van der Waals surface area contributed by atoms with Crippen molar-refractivity contribution in [2.45, 2.75) is 12.7 Å². The zero-order chi connectivity index (χ0) is 18.9. The molecule has 3 rings (SSSR count). The van der Waals surface area contributed by atoms with Gasteiger partial charge in [-0.1, -0.05) is 6.58 Å². The summed E-state index contributed by atoms with van der Waals surface area (Å²) in [5.41, 5.74) is -0.150. The van der Waals surface area contributed by atoms with Gasteiger partial charge in [-0.3, -0.25) is 4.79 Å². The number of hydrogen-bond acceptors (Lipinski definition) is 3. The van der Waals surface area contributed by atoms with Crippen LogP contribution in [-0.4, -0.2) is 28.8 Å². The molecular weight excluding hydrogens is 352 g/mol. The molecule has 1 atom stereocenters. The van der Waals surface area contributed by atoms with E-state index < -0.39 is 23.5 Å². The third-order valence-electron chi connectivity index (χ3n) is 4.15. The fourth-order valence-corrected chi connectivity index (χ4v) is 2.88. The number of amides is 1. The average Bonchev–Trinajstić information content (AvgIpc) is 3.06. The van der Waals surface area contributed by atoms with Gasteiger partial charge in [-0.25, -0.2) is 9.07 Å². The summed E-state index contributed by atoms with van der Waals surface area (Å²) in [5, 5.41) is 6.64. The van der Waals surface area contributed by atoms with Crippen LogP contribution in [0.3, 0.4) is 0 Å². The number of hydrogen-bond donors (Lipinski definition) is 1. The highest BCUT2D eigenvalue weighted by Gasteiger charge is 2.31. The van der Waals surface area contributed by atoms with Crippen molar-refractivity contribution in [3.8, 4) is 0 Å². The predicted molar refractivity (Wildman–Crippen MR) is 87.4 cm³/mol. The van der Waals surface area contributed by atoms with Crippen LogP contribution >= 0.6 is 0 Å². The Morgan fingerprint density at radius 3 is 2.54 bits per heavy atom. The van der Waals surface area contributed by atoms with E-state index in [4.69, 9.17) is 0 Å².